The third kappa shape index (κ3) is 4.34. The molecule has 1 N–H and O–H groups in total. The van der Waals surface area contributed by atoms with Crippen molar-refractivity contribution in [3.05, 3.63) is 88.7 Å². The SMILES string of the molecule is COc1ccc(OC)c(NC(=O)Cn2ccc3ccn(Cc4cccc(F)c4)c3c2=O)c1. The second-order valence-electron chi connectivity index (χ2n) is 7.24. The molecular formula is C24H22FN3O4. The average Bonchev–Trinajstić information content (AvgIpc) is 3.19. The molecule has 0 saturated heterocycles. The number of carbonyl (C=O) groups excluding carboxylic acids is 1. The van der Waals surface area contributed by atoms with E-state index in [4.69, 9.17) is 9.47 Å². The van der Waals surface area contributed by atoms with Crippen molar-refractivity contribution in [3.63, 3.8) is 0 Å². The first kappa shape index (κ1) is 21.2. The van der Waals surface area contributed by atoms with Crippen molar-refractivity contribution in [2.45, 2.75) is 13.1 Å². The van der Waals surface area contributed by atoms with E-state index >= 15 is 0 Å². The van der Waals surface area contributed by atoms with E-state index < -0.39 is 0 Å². The Bertz CT molecular complexity index is 1340. The largest absolute Gasteiger partial charge is 0.497 e. The summed E-state index contributed by atoms with van der Waals surface area (Å²) in [7, 11) is 3.03. The highest BCUT2D eigenvalue weighted by Crippen LogP contribution is 2.28. The molecule has 0 spiro atoms. The Morgan fingerprint density at radius 1 is 1.00 bits per heavy atom. The summed E-state index contributed by atoms with van der Waals surface area (Å²) in [4.78, 5) is 25.8. The fourth-order valence-corrected chi connectivity index (χ4v) is 3.59. The quantitative estimate of drug-likeness (QED) is 0.481. The summed E-state index contributed by atoms with van der Waals surface area (Å²) >= 11 is 0. The van der Waals surface area contributed by atoms with Gasteiger partial charge in [-0.3, -0.25) is 9.59 Å². The number of ether oxygens (including phenoxy) is 2. The summed E-state index contributed by atoms with van der Waals surface area (Å²) in [5.74, 6) is 0.322. The van der Waals surface area contributed by atoms with Crippen LogP contribution in [0.2, 0.25) is 0 Å². The molecule has 164 valence electrons. The van der Waals surface area contributed by atoms with Crippen molar-refractivity contribution in [1.29, 1.82) is 0 Å². The number of aromatic nitrogens is 2. The number of rotatable bonds is 7. The number of amides is 1. The highest BCUT2D eigenvalue weighted by molar-refractivity contribution is 5.92. The number of anilines is 1. The van der Waals surface area contributed by atoms with Crippen molar-refractivity contribution in [2.75, 3.05) is 19.5 Å². The molecule has 0 radical (unpaired) electrons. The predicted octanol–water partition coefficient (Wildman–Crippen LogP) is 3.65. The summed E-state index contributed by atoms with van der Waals surface area (Å²) in [6, 6.07) is 14.9. The maximum Gasteiger partial charge on any atom is 0.275 e. The zero-order valence-electron chi connectivity index (χ0n) is 17.7. The first-order valence-corrected chi connectivity index (χ1v) is 9.93. The number of halogens is 1. The minimum Gasteiger partial charge on any atom is -0.497 e. The van der Waals surface area contributed by atoms with Crippen LogP contribution in [0, 0.1) is 5.82 Å². The monoisotopic (exact) mass is 435 g/mol. The Hall–Kier alpha value is -4.07. The second-order valence-corrected chi connectivity index (χ2v) is 7.24. The maximum atomic E-state index is 13.5. The zero-order chi connectivity index (χ0) is 22.7. The normalized spacial score (nSPS) is 10.8. The molecule has 4 aromatic rings. The smallest absolute Gasteiger partial charge is 0.275 e. The van der Waals surface area contributed by atoms with E-state index in [-0.39, 0.29) is 23.8 Å². The molecule has 4 rings (SSSR count). The van der Waals surface area contributed by atoms with Crippen LogP contribution in [-0.4, -0.2) is 29.3 Å². The number of hydrogen-bond donors (Lipinski definition) is 1. The average molecular weight is 435 g/mol. The lowest BCUT2D eigenvalue weighted by Gasteiger charge is -2.13. The number of nitrogens with one attached hydrogen (secondary N) is 1. The molecule has 2 aromatic carbocycles. The van der Waals surface area contributed by atoms with Crippen molar-refractivity contribution < 1.29 is 18.7 Å². The van der Waals surface area contributed by atoms with E-state index in [1.807, 2.05) is 6.07 Å². The van der Waals surface area contributed by atoms with E-state index in [9.17, 15) is 14.0 Å². The highest BCUT2D eigenvalue weighted by atomic mass is 19.1. The number of hydrogen-bond acceptors (Lipinski definition) is 4. The van der Waals surface area contributed by atoms with E-state index in [0.717, 1.165) is 10.9 Å². The fourth-order valence-electron chi connectivity index (χ4n) is 3.59. The fraction of sp³-hybridized carbons (Fsp3) is 0.167. The number of fused-ring (bicyclic) bond motifs is 1. The van der Waals surface area contributed by atoms with Crippen LogP contribution in [0.5, 0.6) is 11.5 Å². The van der Waals surface area contributed by atoms with Crippen molar-refractivity contribution >= 4 is 22.5 Å². The van der Waals surface area contributed by atoms with Crippen LogP contribution in [0.15, 0.2) is 71.8 Å². The molecule has 1 amide bonds. The van der Waals surface area contributed by atoms with Gasteiger partial charge < -0.3 is 23.9 Å². The number of carbonyl (C=O) groups is 1. The molecule has 8 heteroatoms. The molecule has 7 nitrogen and oxygen atoms in total. The maximum absolute atomic E-state index is 13.5. The summed E-state index contributed by atoms with van der Waals surface area (Å²) in [6.07, 6.45) is 3.36. The molecule has 0 saturated carbocycles. The third-order valence-electron chi connectivity index (χ3n) is 5.13. The topological polar surface area (TPSA) is 74.5 Å². The summed E-state index contributed by atoms with van der Waals surface area (Å²) in [5.41, 5.74) is 1.32. The molecule has 32 heavy (non-hydrogen) atoms. The van der Waals surface area contributed by atoms with Crippen LogP contribution >= 0.6 is 0 Å². The van der Waals surface area contributed by atoms with Gasteiger partial charge in [0.1, 0.15) is 29.4 Å². The van der Waals surface area contributed by atoms with Crippen LogP contribution in [0.3, 0.4) is 0 Å². The van der Waals surface area contributed by atoms with Crippen molar-refractivity contribution in [3.8, 4) is 11.5 Å². The van der Waals surface area contributed by atoms with Crippen LogP contribution < -0.4 is 20.3 Å². The molecule has 2 aromatic heterocycles. The van der Waals surface area contributed by atoms with Crippen LogP contribution in [0.25, 0.3) is 10.9 Å². The second kappa shape index (κ2) is 8.97. The van der Waals surface area contributed by atoms with Gasteiger partial charge in [-0.2, -0.15) is 0 Å². The van der Waals surface area contributed by atoms with E-state index in [1.165, 1.54) is 30.9 Å². The number of nitrogens with zero attached hydrogens (tertiary/aromatic N) is 2. The lowest BCUT2D eigenvalue weighted by atomic mass is 10.2. The van der Waals surface area contributed by atoms with E-state index in [0.29, 0.717) is 29.2 Å². The minimum atomic E-state index is -0.388. The van der Waals surface area contributed by atoms with Gasteiger partial charge in [0.2, 0.25) is 5.91 Å². The first-order valence-electron chi connectivity index (χ1n) is 9.93. The lowest BCUT2D eigenvalue weighted by Crippen LogP contribution is -2.28. The van der Waals surface area contributed by atoms with Gasteiger partial charge in [0, 0.05) is 30.4 Å². The molecule has 0 aliphatic carbocycles. The van der Waals surface area contributed by atoms with Crippen LogP contribution in [0.1, 0.15) is 5.56 Å². The van der Waals surface area contributed by atoms with E-state index in [2.05, 4.69) is 5.32 Å². The van der Waals surface area contributed by atoms with Gasteiger partial charge >= 0.3 is 0 Å². The Labute approximate surface area is 183 Å². The van der Waals surface area contributed by atoms with Gasteiger partial charge in [-0.1, -0.05) is 12.1 Å². The van der Waals surface area contributed by atoms with Gasteiger partial charge in [0.05, 0.1) is 19.9 Å². The predicted molar refractivity (Wildman–Crippen MR) is 120 cm³/mol. The van der Waals surface area contributed by atoms with Crippen LogP contribution in [-0.2, 0) is 17.9 Å². The molecule has 0 aliphatic heterocycles. The molecule has 0 unspecified atom stereocenters. The first-order chi connectivity index (χ1) is 15.5. The van der Waals surface area contributed by atoms with Gasteiger partial charge in [0.25, 0.3) is 5.56 Å². The van der Waals surface area contributed by atoms with E-state index in [1.54, 1.807) is 53.4 Å². The van der Waals surface area contributed by atoms with Gasteiger partial charge in [0.15, 0.2) is 0 Å². The Kier molecular flexibility index (Phi) is 5.93. The minimum absolute atomic E-state index is 0.180. The lowest BCUT2D eigenvalue weighted by molar-refractivity contribution is -0.116. The van der Waals surface area contributed by atoms with Gasteiger partial charge in [-0.25, -0.2) is 4.39 Å². The molecule has 0 bridgehead atoms. The summed E-state index contributed by atoms with van der Waals surface area (Å²) < 4.78 is 27.1. The van der Waals surface area contributed by atoms with Crippen molar-refractivity contribution in [1.82, 2.24) is 9.13 Å². The molecule has 0 atom stereocenters. The van der Waals surface area contributed by atoms with Gasteiger partial charge in [-0.15, -0.1) is 0 Å². The molecule has 2 heterocycles. The van der Waals surface area contributed by atoms with Crippen LogP contribution in [0.4, 0.5) is 10.1 Å². The number of benzene rings is 2. The van der Waals surface area contributed by atoms with Gasteiger partial charge in [-0.05, 0) is 42.0 Å². The van der Waals surface area contributed by atoms with Crippen molar-refractivity contribution in [2.24, 2.45) is 0 Å². The Balaban J connectivity index is 1.59. The summed E-state index contributed by atoms with van der Waals surface area (Å²) in [5, 5.41) is 3.51. The Morgan fingerprint density at radius 3 is 2.50 bits per heavy atom. The number of methoxy groups -OCH3 is 2. The summed E-state index contributed by atoms with van der Waals surface area (Å²) in [6.45, 7) is 0.161. The zero-order valence-corrected chi connectivity index (χ0v) is 17.7. The third-order valence-corrected chi connectivity index (χ3v) is 5.13. The molecule has 0 aliphatic rings. The standard InChI is InChI=1S/C24H22FN3O4/c1-31-19-6-7-21(32-2)20(13-19)26-22(29)15-28-11-9-17-8-10-27(23(17)24(28)30)14-16-4-3-5-18(25)12-16/h3-13H,14-15H2,1-2H3,(H,26,29). The molecule has 0 fully saturated rings. The Morgan fingerprint density at radius 2 is 1.78 bits per heavy atom. The highest BCUT2D eigenvalue weighted by Gasteiger charge is 2.13. The molecular weight excluding hydrogens is 413 g/mol. The number of pyridine rings is 1.